The summed E-state index contributed by atoms with van der Waals surface area (Å²) < 4.78 is 11.2. The van der Waals surface area contributed by atoms with Gasteiger partial charge in [-0.3, -0.25) is 14.9 Å². The van der Waals surface area contributed by atoms with E-state index in [0.29, 0.717) is 28.1 Å². The minimum Gasteiger partial charge on any atom is -0.489 e. The van der Waals surface area contributed by atoms with Gasteiger partial charge in [0.25, 0.3) is 5.91 Å². The number of ether oxygens (including phenoxy) is 2. The van der Waals surface area contributed by atoms with Crippen LogP contribution in [0.4, 0.5) is 5.13 Å². The van der Waals surface area contributed by atoms with Gasteiger partial charge in [-0.1, -0.05) is 41.7 Å². The predicted octanol–water partition coefficient (Wildman–Crippen LogP) is 4.25. The van der Waals surface area contributed by atoms with Crippen LogP contribution in [0.3, 0.4) is 0 Å². The number of aromatic nitrogens is 1. The first-order chi connectivity index (χ1) is 13.5. The van der Waals surface area contributed by atoms with Crippen molar-refractivity contribution >= 4 is 28.2 Å². The van der Waals surface area contributed by atoms with Gasteiger partial charge in [0.2, 0.25) is 0 Å². The fourth-order valence-electron chi connectivity index (χ4n) is 2.45. The van der Waals surface area contributed by atoms with E-state index in [-0.39, 0.29) is 18.3 Å². The number of ketones is 1. The van der Waals surface area contributed by atoms with Gasteiger partial charge >= 0.3 is 0 Å². The molecule has 3 aromatic rings. The molecule has 0 radical (unpaired) electrons. The van der Waals surface area contributed by atoms with Crippen molar-refractivity contribution in [2.45, 2.75) is 20.5 Å². The fourth-order valence-corrected chi connectivity index (χ4v) is 3.33. The molecule has 6 nitrogen and oxygen atoms in total. The topological polar surface area (TPSA) is 77.5 Å². The number of amides is 1. The molecule has 0 aliphatic heterocycles. The Morgan fingerprint density at radius 2 is 1.64 bits per heavy atom. The summed E-state index contributed by atoms with van der Waals surface area (Å²) in [5.41, 5.74) is 1.70. The molecule has 0 aliphatic carbocycles. The molecule has 3 rings (SSSR count). The van der Waals surface area contributed by atoms with Gasteiger partial charge in [0, 0.05) is 6.92 Å². The average Bonchev–Trinajstić information content (AvgIpc) is 3.06. The summed E-state index contributed by atoms with van der Waals surface area (Å²) in [5.74, 6) is 0.868. The maximum Gasteiger partial charge on any atom is 0.264 e. The summed E-state index contributed by atoms with van der Waals surface area (Å²) >= 11 is 1.16. The number of rotatable bonds is 8. The Morgan fingerprint density at radius 3 is 2.25 bits per heavy atom. The number of carbonyl (C=O) groups excluding carboxylic acids is 2. The highest BCUT2D eigenvalue weighted by atomic mass is 32.1. The van der Waals surface area contributed by atoms with Crippen molar-refractivity contribution in [1.29, 1.82) is 0 Å². The molecule has 0 spiro atoms. The molecule has 1 N–H and O–H groups in total. The highest BCUT2D eigenvalue weighted by molar-refractivity contribution is 7.17. The summed E-state index contributed by atoms with van der Waals surface area (Å²) in [7, 11) is 0. The number of benzene rings is 2. The van der Waals surface area contributed by atoms with E-state index < -0.39 is 0 Å². The lowest BCUT2D eigenvalue weighted by atomic mass is 10.2. The number of nitrogens with zero attached hydrogens (tertiary/aromatic N) is 1. The minimum absolute atomic E-state index is 0.0682. The molecule has 1 heterocycles. The first-order valence-corrected chi connectivity index (χ1v) is 9.50. The summed E-state index contributed by atoms with van der Waals surface area (Å²) in [6, 6.07) is 17.0. The van der Waals surface area contributed by atoms with Crippen LogP contribution in [0, 0.1) is 6.92 Å². The molecule has 7 heteroatoms. The van der Waals surface area contributed by atoms with E-state index in [4.69, 9.17) is 9.47 Å². The van der Waals surface area contributed by atoms with Gasteiger partial charge in [-0.25, -0.2) is 4.98 Å². The summed E-state index contributed by atoms with van der Waals surface area (Å²) in [4.78, 5) is 28.2. The molecule has 0 bridgehead atoms. The summed E-state index contributed by atoms with van der Waals surface area (Å²) in [5, 5.41) is 3.03. The fraction of sp³-hybridized carbons (Fsp3) is 0.190. The Bertz CT molecular complexity index is 952. The molecule has 0 atom stereocenters. The van der Waals surface area contributed by atoms with Crippen molar-refractivity contribution in [3.8, 4) is 11.5 Å². The second kappa shape index (κ2) is 9.14. The molecule has 0 fully saturated rings. The van der Waals surface area contributed by atoms with Crippen LogP contribution in [0.2, 0.25) is 0 Å². The van der Waals surface area contributed by atoms with Crippen LogP contribution in [-0.4, -0.2) is 23.3 Å². The Morgan fingerprint density at radius 1 is 1.00 bits per heavy atom. The van der Waals surface area contributed by atoms with Crippen LogP contribution < -0.4 is 14.8 Å². The molecule has 0 saturated heterocycles. The third-order valence-electron chi connectivity index (χ3n) is 3.80. The number of hydrogen-bond donors (Lipinski definition) is 1. The number of Topliss-reactive ketones (excluding diaryl/α,β-unsaturated/α-hetero) is 1. The Kier molecular flexibility index (Phi) is 6.39. The number of aryl methyl sites for hydroxylation is 1. The van der Waals surface area contributed by atoms with E-state index in [1.165, 1.54) is 6.92 Å². The van der Waals surface area contributed by atoms with E-state index in [1.54, 1.807) is 31.2 Å². The van der Waals surface area contributed by atoms with Gasteiger partial charge in [0.15, 0.2) is 17.5 Å². The third kappa shape index (κ3) is 5.40. The van der Waals surface area contributed by atoms with Crippen molar-refractivity contribution < 1.29 is 19.1 Å². The average molecular weight is 396 g/mol. The highest BCUT2D eigenvalue weighted by Crippen LogP contribution is 2.23. The normalized spacial score (nSPS) is 10.4. The van der Waals surface area contributed by atoms with Crippen LogP contribution in [0.5, 0.6) is 11.5 Å². The minimum atomic E-state index is -0.340. The van der Waals surface area contributed by atoms with Crippen molar-refractivity contribution in [2.75, 3.05) is 11.9 Å². The molecule has 1 amide bonds. The monoisotopic (exact) mass is 396 g/mol. The molecular formula is C21H20N2O4S. The van der Waals surface area contributed by atoms with Crippen LogP contribution in [-0.2, 0) is 11.4 Å². The van der Waals surface area contributed by atoms with Crippen molar-refractivity contribution in [3.05, 3.63) is 70.7 Å². The molecule has 0 aliphatic rings. The van der Waals surface area contributed by atoms with Gasteiger partial charge in [-0.05, 0) is 36.8 Å². The van der Waals surface area contributed by atoms with Gasteiger partial charge in [-0.2, -0.15) is 0 Å². The van der Waals surface area contributed by atoms with E-state index in [1.807, 2.05) is 30.3 Å². The van der Waals surface area contributed by atoms with E-state index >= 15 is 0 Å². The summed E-state index contributed by atoms with van der Waals surface area (Å²) in [6.45, 7) is 3.54. The molecule has 0 saturated carbocycles. The van der Waals surface area contributed by atoms with Gasteiger partial charge in [0.1, 0.15) is 18.1 Å². The van der Waals surface area contributed by atoms with Crippen molar-refractivity contribution in [3.63, 3.8) is 0 Å². The number of carbonyl (C=O) groups is 2. The van der Waals surface area contributed by atoms with Crippen LogP contribution in [0.15, 0.2) is 54.6 Å². The highest BCUT2D eigenvalue weighted by Gasteiger charge is 2.13. The largest absolute Gasteiger partial charge is 0.489 e. The lowest BCUT2D eigenvalue weighted by molar-refractivity contribution is -0.118. The first kappa shape index (κ1) is 19.6. The van der Waals surface area contributed by atoms with E-state index in [0.717, 1.165) is 22.6 Å². The lowest BCUT2D eigenvalue weighted by Gasteiger charge is -2.08. The number of anilines is 1. The second-order valence-electron chi connectivity index (χ2n) is 6.07. The SMILES string of the molecule is CC(=O)c1sc(NC(=O)COc2ccc(OCc3ccccc3)cc2)nc1C. The molecule has 0 unspecified atom stereocenters. The maximum absolute atomic E-state index is 12.0. The Labute approximate surface area is 167 Å². The lowest BCUT2D eigenvalue weighted by Crippen LogP contribution is -2.20. The molecule has 28 heavy (non-hydrogen) atoms. The quantitative estimate of drug-likeness (QED) is 0.576. The molecular weight excluding hydrogens is 376 g/mol. The molecule has 144 valence electrons. The Hall–Kier alpha value is -3.19. The number of hydrogen-bond acceptors (Lipinski definition) is 6. The zero-order valence-electron chi connectivity index (χ0n) is 15.6. The van der Waals surface area contributed by atoms with E-state index in [9.17, 15) is 9.59 Å². The van der Waals surface area contributed by atoms with Gasteiger partial charge < -0.3 is 9.47 Å². The van der Waals surface area contributed by atoms with Gasteiger partial charge in [0.05, 0.1) is 10.6 Å². The smallest absolute Gasteiger partial charge is 0.264 e. The molecule has 2 aromatic carbocycles. The Balaban J connectivity index is 1.47. The number of nitrogens with one attached hydrogen (secondary N) is 1. The zero-order chi connectivity index (χ0) is 19.9. The first-order valence-electron chi connectivity index (χ1n) is 8.69. The second-order valence-corrected chi connectivity index (χ2v) is 7.07. The van der Waals surface area contributed by atoms with Crippen LogP contribution in [0.25, 0.3) is 0 Å². The van der Waals surface area contributed by atoms with E-state index in [2.05, 4.69) is 10.3 Å². The summed E-state index contributed by atoms with van der Waals surface area (Å²) in [6.07, 6.45) is 0. The molecule has 1 aromatic heterocycles. The van der Waals surface area contributed by atoms with Crippen LogP contribution >= 0.6 is 11.3 Å². The van der Waals surface area contributed by atoms with Crippen molar-refractivity contribution in [2.24, 2.45) is 0 Å². The zero-order valence-corrected chi connectivity index (χ0v) is 16.4. The predicted molar refractivity (Wildman–Crippen MR) is 108 cm³/mol. The number of thiazole rings is 1. The van der Waals surface area contributed by atoms with Gasteiger partial charge in [-0.15, -0.1) is 0 Å². The maximum atomic E-state index is 12.0. The van der Waals surface area contributed by atoms with Crippen LogP contribution in [0.1, 0.15) is 27.9 Å². The third-order valence-corrected chi connectivity index (χ3v) is 4.98. The van der Waals surface area contributed by atoms with Crippen molar-refractivity contribution in [1.82, 2.24) is 4.98 Å². The standard InChI is InChI=1S/C21H20N2O4S/c1-14-20(15(2)24)28-21(22-14)23-19(25)13-27-18-10-8-17(9-11-18)26-12-16-6-4-3-5-7-16/h3-11H,12-13H2,1-2H3,(H,22,23,25).